The van der Waals surface area contributed by atoms with Gasteiger partial charge in [0.05, 0.1) is 25.3 Å². The van der Waals surface area contributed by atoms with Crippen LogP contribution >= 0.6 is 0 Å². The standard InChI is InChI=1S/C19H19NO4/c1-22-18-10-14-13-6-2-3-7-16(13)24-17(14)11-15(18)20-19(21)9-12-5-4-8-23-12/h2-3,6-7,10-12H,4-5,8-9H2,1H3,(H,20,21)/t12-/m1/s1. The van der Waals surface area contributed by atoms with Crippen LogP contribution in [0.2, 0.25) is 0 Å². The molecule has 1 amide bonds. The molecule has 3 aromatic rings. The van der Waals surface area contributed by atoms with Crippen molar-refractivity contribution in [1.29, 1.82) is 0 Å². The highest BCUT2D eigenvalue weighted by Crippen LogP contribution is 2.36. The van der Waals surface area contributed by atoms with E-state index in [2.05, 4.69) is 5.32 Å². The summed E-state index contributed by atoms with van der Waals surface area (Å²) in [4.78, 5) is 12.3. The summed E-state index contributed by atoms with van der Waals surface area (Å²) >= 11 is 0. The molecule has 1 aliphatic heterocycles. The number of carbonyl (C=O) groups is 1. The lowest BCUT2D eigenvalue weighted by atomic mass is 10.1. The molecule has 2 aromatic carbocycles. The maximum Gasteiger partial charge on any atom is 0.227 e. The molecule has 5 nitrogen and oxygen atoms in total. The van der Waals surface area contributed by atoms with E-state index in [0.29, 0.717) is 17.9 Å². The molecule has 1 aromatic heterocycles. The highest BCUT2D eigenvalue weighted by atomic mass is 16.5. The second-order valence-electron chi connectivity index (χ2n) is 6.03. The van der Waals surface area contributed by atoms with Crippen molar-refractivity contribution in [3.63, 3.8) is 0 Å². The number of methoxy groups -OCH3 is 1. The monoisotopic (exact) mass is 325 g/mol. The average molecular weight is 325 g/mol. The normalized spacial score (nSPS) is 17.5. The van der Waals surface area contributed by atoms with E-state index >= 15 is 0 Å². The number of furan rings is 1. The molecule has 24 heavy (non-hydrogen) atoms. The van der Waals surface area contributed by atoms with Crippen LogP contribution in [0.25, 0.3) is 21.9 Å². The number of anilines is 1. The van der Waals surface area contributed by atoms with Gasteiger partial charge in [0.2, 0.25) is 5.91 Å². The molecule has 1 atom stereocenters. The molecule has 0 aliphatic carbocycles. The maximum atomic E-state index is 12.3. The molecule has 4 rings (SSSR count). The number of para-hydroxylation sites is 1. The first-order valence-electron chi connectivity index (χ1n) is 8.15. The molecule has 0 saturated carbocycles. The van der Waals surface area contributed by atoms with E-state index in [1.165, 1.54) is 0 Å². The molecule has 5 heteroatoms. The molecule has 1 aliphatic rings. The fraction of sp³-hybridized carbons (Fsp3) is 0.316. The highest BCUT2D eigenvalue weighted by Gasteiger charge is 2.20. The van der Waals surface area contributed by atoms with Crippen molar-refractivity contribution in [2.45, 2.75) is 25.4 Å². The van der Waals surface area contributed by atoms with E-state index in [1.54, 1.807) is 7.11 Å². The molecule has 1 N–H and O–H groups in total. The fourth-order valence-electron chi connectivity index (χ4n) is 3.23. The fourth-order valence-corrected chi connectivity index (χ4v) is 3.23. The van der Waals surface area contributed by atoms with Crippen molar-refractivity contribution >= 4 is 33.5 Å². The van der Waals surface area contributed by atoms with Gasteiger partial charge in [0.15, 0.2) is 0 Å². The maximum absolute atomic E-state index is 12.3. The molecular formula is C19H19NO4. The van der Waals surface area contributed by atoms with Gasteiger partial charge in [0, 0.05) is 23.4 Å². The zero-order valence-electron chi connectivity index (χ0n) is 13.5. The number of amides is 1. The smallest absolute Gasteiger partial charge is 0.227 e. The van der Waals surface area contributed by atoms with E-state index in [1.807, 2.05) is 36.4 Å². The Balaban J connectivity index is 1.66. The van der Waals surface area contributed by atoms with Crippen LogP contribution in [0.1, 0.15) is 19.3 Å². The van der Waals surface area contributed by atoms with Crippen molar-refractivity contribution < 1.29 is 18.7 Å². The first-order chi connectivity index (χ1) is 11.7. The first-order valence-corrected chi connectivity index (χ1v) is 8.15. The summed E-state index contributed by atoms with van der Waals surface area (Å²) in [6.07, 6.45) is 2.34. The number of rotatable bonds is 4. The number of carbonyl (C=O) groups excluding carboxylic acids is 1. The Morgan fingerprint density at radius 2 is 2.12 bits per heavy atom. The molecule has 124 valence electrons. The van der Waals surface area contributed by atoms with Gasteiger partial charge in [-0.1, -0.05) is 18.2 Å². The third-order valence-electron chi connectivity index (χ3n) is 4.41. The van der Waals surface area contributed by atoms with Crippen molar-refractivity contribution in [2.24, 2.45) is 0 Å². The molecule has 0 unspecified atom stereocenters. The van der Waals surface area contributed by atoms with Crippen LogP contribution in [0.15, 0.2) is 40.8 Å². The van der Waals surface area contributed by atoms with Gasteiger partial charge in [-0.05, 0) is 25.0 Å². The summed E-state index contributed by atoms with van der Waals surface area (Å²) in [5.41, 5.74) is 2.16. The van der Waals surface area contributed by atoms with Gasteiger partial charge in [0.25, 0.3) is 0 Å². The lowest BCUT2D eigenvalue weighted by Gasteiger charge is -2.12. The minimum absolute atomic E-state index is 0.0194. The molecule has 0 bridgehead atoms. The predicted octanol–water partition coefficient (Wildman–Crippen LogP) is 4.10. The number of ether oxygens (including phenoxy) is 2. The molecule has 1 saturated heterocycles. The summed E-state index contributed by atoms with van der Waals surface area (Å²) < 4.78 is 16.8. The topological polar surface area (TPSA) is 60.7 Å². The lowest BCUT2D eigenvalue weighted by Crippen LogP contribution is -2.19. The van der Waals surface area contributed by atoms with Crippen LogP contribution in [-0.2, 0) is 9.53 Å². The molecule has 1 fully saturated rings. The summed E-state index contributed by atoms with van der Waals surface area (Å²) in [5.74, 6) is 0.547. The SMILES string of the molecule is COc1cc2c(cc1NC(=O)C[C@H]1CCCO1)oc1ccccc12. The third-order valence-corrected chi connectivity index (χ3v) is 4.41. The van der Waals surface area contributed by atoms with Crippen LogP contribution in [0.5, 0.6) is 5.75 Å². The van der Waals surface area contributed by atoms with Crippen LogP contribution < -0.4 is 10.1 Å². The number of nitrogens with one attached hydrogen (secondary N) is 1. The summed E-state index contributed by atoms with van der Waals surface area (Å²) in [6.45, 7) is 0.742. The summed E-state index contributed by atoms with van der Waals surface area (Å²) in [7, 11) is 1.60. The summed E-state index contributed by atoms with van der Waals surface area (Å²) in [5, 5.41) is 4.92. The van der Waals surface area contributed by atoms with Crippen molar-refractivity contribution in [3.05, 3.63) is 36.4 Å². The minimum atomic E-state index is -0.0735. The van der Waals surface area contributed by atoms with Crippen molar-refractivity contribution in [2.75, 3.05) is 19.0 Å². The summed E-state index contributed by atoms with van der Waals surface area (Å²) in [6, 6.07) is 11.6. The first kappa shape index (κ1) is 15.0. The Bertz CT molecular complexity index is 893. The minimum Gasteiger partial charge on any atom is -0.495 e. The van der Waals surface area contributed by atoms with E-state index in [0.717, 1.165) is 41.4 Å². The Labute approximate surface area is 139 Å². The Morgan fingerprint density at radius 3 is 2.92 bits per heavy atom. The molecule has 2 heterocycles. The van der Waals surface area contributed by atoms with Gasteiger partial charge in [-0.25, -0.2) is 0 Å². The molecule has 0 spiro atoms. The Morgan fingerprint density at radius 1 is 1.25 bits per heavy atom. The van der Waals surface area contributed by atoms with E-state index < -0.39 is 0 Å². The quantitative estimate of drug-likeness (QED) is 0.784. The third kappa shape index (κ3) is 2.71. The largest absolute Gasteiger partial charge is 0.495 e. The van der Waals surface area contributed by atoms with E-state index in [-0.39, 0.29) is 12.0 Å². The molecular weight excluding hydrogens is 306 g/mol. The van der Waals surface area contributed by atoms with Crippen molar-refractivity contribution in [3.8, 4) is 5.75 Å². The van der Waals surface area contributed by atoms with Crippen molar-refractivity contribution in [1.82, 2.24) is 0 Å². The lowest BCUT2D eigenvalue weighted by molar-refractivity contribution is -0.118. The Hall–Kier alpha value is -2.53. The van der Waals surface area contributed by atoms with E-state index in [9.17, 15) is 4.79 Å². The second-order valence-corrected chi connectivity index (χ2v) is 6.03. The highest BCUT2D eigenvalue weighted by molar-refractivity contribution is 6.07. The Kier molecular flexibility index (Phi) is 3.86. The zero-order valence-corrected chi connectivity index (χ0v) is 13.5. The van der Waals surface area contributed by atoms with Gasteiger partial charge in [-0.2, -0.15) is 0 Å². The van der Waals surface area contributed by atoms with Crippen LogP contribution in [0.3, 0.4) is 0 Å². The van der Waals surface area contributed by atoms with Crippen LogP contribution in [0.4, 0.5) is 5.69 Å². The van der Waals surface area contributed by atoms with Gasteiger partial charge in [-0.3, -0.25) is 4.79 Å². The average Bonchev–Trinajstić information content (AvgIpc) is 3.20. The van der Waals surface area contributed by atoms with Gasteiger partial charge >= 0.3 is 0 Å². The van der Waals surface area contributed by atoms with Gasteiger partial charge < -0.3 is 19.2 Å². The predicted molar refractivity (Wildman–Crippen MR) is 92.5 cm³/mol. The van der Waals surface area contributed by atoms with Crippen LogP contribution in [-0.4, -0.2) is 25.7 Å². The number of hydrogen-bond donors (Lipinski definition) is 1. The number of benzene rings is 2. The second kappa shape index (κ2) is 6.17. The van der Waals surface area contributed by atoms with E-state index in [4.69, 9.17) is 13.9 Å². The number of fused-ring (bicyclic) bond motifs is 3. The molecule has 0 radical (unpaired) electrons. The van der Waals surface area contributed by atoms with Gasteiger partial charge in [-0.15, -0.1) is 0 Å². The van der Waals surface area contributed by atoms with Gasteiger partial charge in [0.1, 0.15) is 16.9 Å². The number of hydrogen-bond acceptors (Lipinski definition) is 4. The zero-order chi connectivity index (χ0) is 16.5. The van der Waals surface area contributed by atoms with Crippen LogP contribution in [0, 0.1) is 0 Å².